The van der Waals surface area contributed by atoms with Crippen molar-refractivity contribution in [2.75, 3.05) is 31.1 Å². The van der Waals surface area contributed by atoms with E-state index in [1.807, 2.05) is 12.3 Å². The van der Waals surface area contributed by atoms with Gasteiger partial charge in [-0.05, 0) is 18.6 Å². The monoisotopic (exact) mass is 352 g/mol. The van der Waals surface area contributed by atoms with Gasteiger partial charge in [-0.1, -0.05) is 30.3 Å². The third kappa shape index (κ3) is 3.72. The number of quaternary nitrogens is 1. The van der Waals surface area contributed by atoms with Gasteiger partial charge >= 0.3 is 0 Å². The largest absolute Gasteiger partial charge is 0.323 e. The molecule has 0 atom stereocenters. The zero-order valence-corrected chi connectivity index (χ0v) is 15.4. The molecular weight excluding hydrogens is 328 g/mol. The summed E-state index contributed by atoms with van der Waals surface area (Å²) in [6, 6.07) is 14.8. The Morgan fingerprint density at radius 3 is 2.68 bits per heavy atom. The van der Waals surface area contributed by atoms with Gasteiger partial charge in [0.25, 0.3) is 5.82 Å². The van der Waals surface area contributed by atoms with Crippen LogP contribution in [0.3, 0.4) is 0 Å². The number of nitrogens with one attached hydrogen (secondary N) is 2. The van der Waals surface area contributed by atoms with Crippen LogP contribution in [0.4, 0.5) is 5.82 Å². The average Bonchev–Trinajstić information content (AvgIpc) is 3.12. The Labute approximate surface area is 152 Å². The minimum atomic E-state index is 1.02. The van der Waals surface area contributed by atoms with E-state index in [0.717, 1.165) is 37.7 Å². The van der Waals surface area contributed by atoms with Crippen LogP contribution in [0.1, 0.15) is 11.3 Å². The van der Waals surface area contributed by atoms with Crippen LogP contribution in [0, 0.1) is 6.92 Å². The normalized spacial score (nSPS) is 15.5. The lowest BCUT2D eigenvalue weighted by atomic mass is 10.1. The molecule has 0 unspecified atom stereocenters. The third-order valence-corrected chi connectivity index (χ3v) is 5.79. The van der Waals surface area contributed by atoms with E-state index in [4.69, 9.17) is 4.98 Å². The first-order chi connectivity index (χ1) is 12.3. The van der Waals surface area contributed by atoms with Crippen molar-refractivity contribution in [3.8, 4) is 10.6 Å². The van der Waals surface area contributed by atoms with Crippen molar-refractivity contribution in [1.82, 2.24) is 4.98 Å². The molecule has 1 aliphatic rings. The molecule has 0 saturated carbocycles. The van der Waals surface area contributed by atoms with Crippen molar-refractivity contribution in [1.29, 1.82) is 0 Å². The Kier molecular flexibility index (Phi) is 4.76. The number of aromatic amines is 1. The molecule has 3 heterocycles. The lowest BCUT2D eigenvalue weighted by Crippen LogP contribution is -3.13. The number of H-pyrrole nitrogens is 1. The molecule has 0 amide bonds. The Balaban J connectivity index is 1.37. The minimum Gasteiger partial charge on any atom is -0.323 e. The Morgan fingerprint density at radius 2 is 1.92 bits per heavy atom. The molecule has 0 radical (unpaired) electrons. The van der Waals surface area contributed by atoms with Crippen LogP contribution in [-0.4, -0.2) is 31.2 Å². The van der Waals surface area contributed by atoms with Crippen molar-refractivity contribution >= 4 is 17.2 Å². The minimum absolute atomic E-state index is 1.02. The molecule has 1 saturated heterocycles. The second kappa shape index (κ2) is 7.33. The lowest BCUT2D eigenvalue weighted by molar-refractivity contribution is -0.914. The lowest BCUT2D eigenvalue weighted by Gasteiger charge is -2.27. The zero-order chi connectivity index (χ0) is 17.1. The second-order valence-electron chi connectivity index (χ2n) is 6.62. The standard InChI is InChI=1S/C20H22N4S/c1-16-6-2-3-7-18(16)20-22-17(15-25-20)14-23-10-12-24(13-11-23)19-8-4-5-9-21-19/h2-9,15H,10-14H2,1H3/p+2. The molecule has 0 aliphatic carbocycles. The van der Waals surface area contributed by atoms with E-state index in [1.54, 1.807) is 16.2 Å². The highest BCUT2D eigenvalue weighted by Crippen LogP contribution is 2.26. The van der Waals surface area contributed by atoms with E-state index in [-0.39, 0.29) is 0 Å². The van der Waals surface area contributed by atoms with Gasteiger partial charge in [-0.25, -0.2) is 9.97 Å². The summed E-state index contributed by atoms with van der Waals surface area (Å²) >= 11 is 1.76. The van der Waals surface area contributed by atoms with Gasteiger partial charge in [0.05, 0.1) is 6.20 Å². The van der Waals surface area contributed by atoms with E-state index < -0.39 is 0 Å². The van der Waals surface area contributed by atoms with Crippen molar-refractivity contribution in [2.45, 2.75) is 13.5 Å². The van der Waals surface area contributed by atoms with Crippen molar-refractivity contribution in [3.05, 3.63) is 65.3 Å². The number of piperazine rings is 1. The number of aromatic nitrogens is 2. The fourth-order valence-electron chi connectivity index (χ4n) is 3.40. The van der Waals surface area contributed by atoms with Crippen LogP contribution in [0.15, 0.2) is 54.0 Å². The quantitative estimate of drug-likeness (QED) is 0.778. The van der Waals surface area contributed by atoms with E-state index in [0.29, 0.717) is 0 Å². The zero-order valence-electron chi connectivity index (χ0n) is 14.5. The predicted octanol–water partition coefficient (Wildman–Crippen LogP) is 1.84. The number of pyridine rings is 1. The maximum Gasteiger partial charge on any atom is 0.274 e. The number of hydrogen-bond acceptors (Lipinski definition) is 3. The topological polar surface area (TPSA) is 34.7 Å². The van der Waals surface area contributed by atoms with Gasteiger partial charge in [0, 0.05) is 17.0 Å². The summed E-state index contributed by atoms with van der Waals surface area (Å²) in [7, 11) is 0. The number of rotatable bonds is 4. The molecule has 2 N–H and O–H groups in total. The van der Waals surface area contributed by atoms with Gasteiger partial charge in [0.1, 0.15) is 43.4 Å². The Bertz CT molecular complexity index is 822. The maximum absolute atomic E-state index is 4.89. The molecule has 4 rings (SSSR count). The summed E-state index contributed by atoms with van der Waals surface area (Å²) in [5, 5.41) is 3.37. The van der Waals surface area contributed by atoms with Crippen LogP contribution in [-0.2, 0) is 6.54 Å². The SMILES string of the molecule is Cc1ccccc1-c1nc(C[NH+]2CCN(c3cccc[nH+]3)CC2)cs1. The molecule has 5 heteroatoms. The average molecular weight is 353 g/mol. The van der Waals surface area contributed by atoms with Gasteiger partial charge in [0.2, 0.25) is 0 Å². The van der Waals surface area contributed by atoms with E-state index in [1.165, 1.54) is 22.6 Å². The Morgan fingerprint density at radius 1 is 1.12 bits per heavy atom. The summed E-state index contributed by atoms with van der Waals surface area (Å²) in [6.07, 6.45) is 2.00. The van der Waals surface area contributed by atoms with Gasteiger partial charge in [-0.15, -0.1) is 11.3 Å². The summed E-state index contributed by atoms with van der Waals surface area (Å²) in [4.78, 5) is 12.3. The van der Waals surface area contributed by atoms with E-state index >= 15 is 0 Å². The fourth-order valence-corrected chi connectivity index (χ4v) is 4.31. The molecule has 0 bridgehead atoms. The third-order valence-electron chi connectivity index (χ3n) is 4.86. The molecule has 1 aliphatic heterocycles. The van der Waals surface area contributed by atoms with Crippen molar-refractivity contribution < 1.29 is 9.88 Å². The molecule has 128 valence electrons. The number of nitrogens with zero attached hydrogens (tertiary/aromatic N) is 2. The molecule has 1 fully saturated rings. The molecule has 1 aromatic carbocycles. The molecule has 0 spiro atoms. The summed E-state index contributed by atoms with van der Waals surface area (Å²) in [5.41, 5.74) is 3.78. The first kappa shape index (κ1) is 16.2. The number of thiazole rings is 1. The first-order valence-electron chi connectivity index (χ1n) is 8.85. The number of aryl methyl sites for hydroxylation is 1. The highest BCUT2D eigenvalue weighted by atomic mass is 32.1. The van der Waals surface area contributed by atoms with Crippen LogP contribution >= 0.6 is 11.3 Å². The van der Waals surface area contributed by atoms with E-state index in [2.05, 4.69) is 58.6 Å². The Hall–Kier alpha value is -2.24. The van der Waals surface area contributed by atoms with Crippen molar-refractivity contribution in [3.63, 3.8) is 0 Å². The summed E-state index contributed by atoms with van der Waals surface area (Å²) in [6.45, 7) is 7.66. The highest BCUT2D eigenvalue weighted by molar-refractivity contribution is 7.13. The van der Waals surface area contributed by atoms with Gasteiger partial charge in [-0.3, -0.25) is 4.90 Å². The summed E-state index contributed by atoms with van der Waals surface area (Å²) in [5.74, 6) is 1.22. The van der Waals surface area contributed by atoms with Gasteiger partial charge < -0.3 is 4.90 Å². The number of hydrogen-bond donors (Lipinski definition) is 1. The smallest absolute Gasteiger partial charge is 0.274 e. The molecule has 4 nitrogen and oxygen atoms in total. The van der Waals surface area contributed by atoms with Crippen molar-refractivity contribution in [2.24, 2.45) is 0 Å². The number of anilines is 1. The van der Waals surface area contributed by atoms with Crippen LogP contribution < -0.4 is 14.8 Å². The molecule has 3 aromatic rings. The highest BCUT2D eigenvalue weighted by Gasteiger charge is 2.26. The first-order valence-corrected chi connectivity index (χ1v) is 9.73. The summed E-state index contributed by atoms with van der Waals surface area (Å²) < 4.78 is 0. The van der Waals surface area contributed by atoms with Crippen LogP contribution in [0.5, 0.6) is 0 Å². The second-order valence-corrected chi connectivity index (χ2v) is 7.48. The number of benzene rings is 1. The molecule has 25 heavy (non-hydrogen) atoms. The predicted molar refractivity (Wildman–Crippen MR) is 102 cm³/mol. The van der Waals surface area contributed by atoms with Gasteiger partial charge in [-0.2, -0.15) is 0 Å². The maximum atomic E-state index is 4.89. The van der Waals surface area contributed by atoms with Gasteiger partial charge in [0.15, 0.2) is 0 Å². The van der Waals surface area contributed by atoms with E-state index in [9.17, 15) is 0 Å². The molecule has 2 aromatic heterocycles. The molecular formula is C20H24N4S+2. The fraction of sp³-hybridized carbons (Fsp3) is 0.300. The van der Waals surface area contributed by atoms with Crippen LogP contribution in [0.2, 0.25) is 0 Å². The van der Waals surface area contributed by atoms with Crippen LogP contribution in [0.25, 0.3) is 10.6 Å².